The van der Waals surface area contributed by atoms with Crippen LogP contribution in [0.5, 0.6) is 0 Å². The van der Waals surface area contributed by atoms with Crippen molar-refractivity contribution in [2.45, 2.75) is 13.0 Å². The maximum Gasteiger partial charge on any atom is 0.319 e. The van der Waals surface area contributed by atoms with Crippen LogP contribution < -0.4 is 16.0 Å². The Labute approximate surface area is 170 Å². The van der Waals surface area contributed by atoms with E-state index in [1.54, 1.807) is 23.1 Å². The summed E-state index contributed by atoms with van der Waals surface area (Å²) >= 11 is 3.40. The number of aromatic nitrogens is 3. The van der Waals surface area contributed by atoms with Gasteiger partial charge >= 0.3 is 6.03 Å². The highest BCUT2D eigenvalue weighted by Crippen LogP contribution is 2.11. The third-order valence-corrected chi connectivity index (χ3v) is 4.24. The van der Waals surface area contributed by atoms with Gasteiger partial charge in [-0.15, -0.1) is 5.10 Å². The zero-order chi connectivity index (χ0) is 19.8. The van der Waals surface area contributed by atoms with Gasteiger partial charge < -0.3 is 10.6 Å². The third-order valence-electron chi connectivity index (χ3n) is 3.71. The van der Waals surface area contributed by atoms with E-state index >= 15 is 0 Å². The Morgan fingerprint density at radius 2 is 1.75 bits per heavy atom. The second-order valence-electron chi connectivity index (χ2n) is 5.94. The molecule has 0 unspecified atom stereocenters. The van der Waals surface area contributed by atoms with Gasteiger partial charge in [0.15, 0.2) is 0 Å². The lowest BCUT2D eigenvalue weighted by atomic mass is 10.2. The van der Waals surface area contributed by atoms with E-state index in [4.69, 9.17) is 0 Å². The minimum absolute atomic E-state index is 0.115. The first-order valence-electron chi connectivity index (χ1n) is 8.62. The molecule has 0 saturated carbocycles. The molecule has 0 aliphatic heterocycles. The summed E-state index contributed by atoms with van der Waals surface area (Å²) in [5.74, 6) is -0.0442. The largest absolute Gasteiger partial charge is 0.337 e. The van der Waals surface area contributed by atoms with E-state index in [9.17, 15) is 9.59 Å². The van der Waals surface area contributed by atoms with Gasteiger partial charge in [0.1, 0.15) is 6.33 Å². The number of hydrogen-bond donors (Lipinski definition) is 3. The number of urea groups is 1. The highest BCUT2D eigenvalue weighted by Gasteiger charge is 2.08. The monoisotopic (exact) mass is 442 g/mol. The number of carbonyl (C=O) groups is 2. The molecule has 0 saturated heterocycles. The van der Waals surface area contributed by atoms with E-state index in [2.05, 4.69) is 42.0 Å². The second-order valence-corrected chi connectivity index (χ2v) is 6.85. The molecule has 3 aromatic rings. The smallest absolute Gasteiger partial charge is 0.319 e. The summed E-state index contributed by atoms with van der Waals surface area (Å²) in [7, 11) is 0. The Bertz CT molecular complexity index is 927. The van der Waals surface area contributed by atoms with E-state index < -0.39 is 0 Å². The molecule has 9 heteroatoms. The quantitative estimate of drug-likeness (QED) is 0.522. The van der Waals surface area contributed by atoms with Gasteiger partial charge in [-0.25, -0.2) is 14.5 Å². The normalized spacial score (nSPS) is 10.3. The van der Waals surface area contributed by atoms with Gasteiger partial charge in [-0.3, -0.25) is 10.1 Å². The van der Waals surface area contributed by atoms with Crippen LogP contribution in [-0.2, 0) is 11.3 Å². The fraction of sp³-hybridized carbons (Fsp3) is 0.158. The number of anilines is 2. The van der Waals surface area contributed by atoms with Crippen molar-refractivity contribution in [3.8, 4) is 0 Å². The van der Waals surface area contributed by atoms with Crippen molar-refractivity contribution in [1.82, 2.24) is 20.1 Å². The van der Waals surface area contributed by atoms with Crippen LogP contribution in [0.4, 0.5) is 16.4 Å². The predicted octanol–water partition coefficient (Wildman–Crippen LogP) is 3.24. The van der Waals surface area contributed by atoms with Crippen LogP contribution in [0.25, 0.3) is 0 Å². The summed E-state index contributed by atoms with van der Waals surface area (Å²) in [6.45, 7) is 0.751. The molecule has 0 fully saturated rings. The van der Waals surface area contributed by atoms with Crippen molar-refractivity contribution in [3.05, 3.63) is 71.0 Å². The Balaban J connectivity index is 1.39. The predicted molar refractivity (Wildman–Crippen MR) is 110 cm³/mol. The molecule has 3 rings (SSSR count). The van der Waals surface area contributed by atoms with E-state index in [-0.39, 0.29) is 30.9 Å². The van der Waals surface area contributed by atoms with Crippen molar-refractivity contribution in [2.75, 3.05) is 17.2 Å². The zero-order valence-electron chi connectivity index (χ0n) is 14.9. The first kappa shape index (κ1) is 19.6. The van der Waals surface area contributed by atoms with Crippen molar-refractivity contribution >= 4 is 39.5 Å². The molecule has 0 aliphatic rings. The number of amides is 3. The van der Waals surface area contributed by atoms with Crippen LogP contribution in [0.3, 0.4) is 0 Å². The highest BCUT2D eigenvalue weighted by molar-refractivity contribution is 9.10. The van der Waals surface area contributed by atoms with Gasteiger partial charge in [0.2, 0.25) is 11.9 Å². The molecule has 3 N–H and O–H groups in total. The SMILES string of the molecule is O=C(CCNC(=O)Nc1ccccc1)Nc1ncn(Cc2ccc(Br)cc2)n1. The van der Waals surface area contributed by atoms with Gasteiger partial charge in [-0.05, 0) is 29.8 Å². The first-order valence-corrected chi connectivity index (χ1v) is 9.41. The molecule has 2 aromatic carbocycles. The second kappa shape index (κ2) is 9.65. The molecule has 8 nitrogen and oxygen atoms in total. The summed E-state index contributed by atoms with van der Waals surface area (Å²) in [5.41, 5.74) is 1.75. The van der Waals surface area contributed by atoms with Crippen molar-refractivity contribution in [2.24, 2.45) is 0 Å². The summed E-state index contributed by atoms with van der Waals surface area (Å²) in [6, 6.07) is 16.6. The molecule has 144 valence electrons. The zero-order valence-corrected chi connectivity index (χ0v) is 16.5. The molecule has 0 spiro atoms. The summed E-state index contributed by atoms with van der Waals surface area (Å²) < 4.78 is 2.65. The molecule has 1 aromatic heterocycles. The summed E-state index contributed by atoms with van der Waals surface area (Å²) in [5, 5.41) is 12.2. The fourth-order valence-electron chi connectivity index (χ4n) is 2.38. The molecular weight excluding hydrogens is 424 g/mol. The number of nitrogens with one attached hydrogen (secondary N) is 3. The highest BCUT2D eigenvalue weighted by atomic mass is 79.9. The molecule has 0 aliphatic carbocycles. The average Bonchev–Trinajstić information content (AvgIpc) is 3.11. The minimum atomic E-state index is -0.365. The third kappa shape index (κ3) is 6.20. The number of benzene rings is 2. The Morgan fingerprint density at radius 3 is 2.50 bits per heavy atom. The molecule has 28 heavy (non-hydrogen) atoms. The van der Waals surface area contributed by atoms with Gasteiger partial charge in [0, 0.05) is 23.1 Å². The van der Waals surface area contributed by atoms with Crippen LogP contribution in [-0.4, -0.2) is 33.2 Å². The number of rotatable bonds is 7. The lowest BCUT2D eigenvalue weighted by molar-refractivity contribution is -0.116. The van der Waals surface area contributed by atoms with E-state index in [0.717, 1.165) is 10.0 Å². The Hall–Kier alpha value is -3.20. The van der Waals surface area contributed by atoms with E-state index in [1.807, 2.05) is 42.5 Å². The molecule has 0 radical (unpaired) electrons. The van der Waals surface area contributed by atoms with Gasteiger partial charge in [0.05, 0.1) is 6.54 Å². The van der Waals surface area contributed by atoms with Crippen molar-refractivity contribution in [3.63, 3.8) is 0 Å². The van der Waals surface area contributed by atoms with Gasteiger partial charge in [-0.2, -0.15) is 0 Å². The Morgan fingerprint density at radius 1 is 1.00 bits per heavy atom. The number of nitrogens with zero attached hydrogens (tertiary/aromatic N) is 3. The number of hydrogen-bond acceptors (Lipinski definition) is 4. The lowest BCUT2D eigenvalue weighted by Gasteiger charge is -2.07. The van der Waals surface area contributed by atoms with Gasteiger partial charge in [-0.1, -0.05) is 46.3 Å². The standard InChI is InChI=1S/C19H19BrN6O2/c20-15-8-6-14(7-9-15)12-26-13-22-18(25-26)24-17(27)10-11-21-19(28)23-16-4-2-1-3-5-16/h1-9,13H,10-12H2,(H2,21,23,28)(H,24,25,27). The fourth-order valence-corrected chi connectivity index (χ4v) is 2.64. The number of carbonyl (C=O) groups excluding carboxylic acids is 2. The van der Waals surface area contributed by atoms with E-state index in [1.165, 1.54) is 0 Å². The average molecular weight is 443 g/mol. The first-order chi connectivity index (χ1) is 13.6. The topological polar surface area (TPSA) is 101 Å². The maximum atomic E-state index is 12.0. The van der Waals surface area contributed by atoms with Crippen LogP contribution in [0.15, 0.2) is 65.4 Å². The van der Waals surface area contributed by atoms with Crippen molar-refractivity contribution < 1.29 is 9.59 Å². The number of para-hydroxylation sites is 1. The molecule has 3 amide bonds. The molecular formula is C19H19BrN6O2. The van der Waals surface area contributed by atoms with Crippen LogP contribution in [0, 0.1) is 0 Å². The summed E-state index contributed by atoms with van der Waals surface area (Å²) in [4.78, 5) is 27.8. The van der Waals surface area contributed by atoms with Crippen LogP contribution in [0.2, 0.25) is 0 Å². The van der Waals surface area contributed by atoms with Crippen LogP contribution >= 0.6 is 15.9 Å². The number of halogens is 1. The van der Waals surface area contributed by atoms with E-state index in [0.29, 0.717) is 12.2 Å². The Kier molecular flexibility index (Phi) is 6.74. The molecule has 0 bridgehead atoms. The van der Waals surface area contributed by atoms with Crippen LogP contribution in [0.1, 0.15) is 12.0 Å². The van der Waals surface area contributed by atoms with Gasteiger partial charge in [0.25, 0.3) is 0 Å². The molecule has 1 heterocycles. The summed E-state index contributed by atoms with van der Waals surface area (Å²) in [6.07, 6.45) is 1.67. The maximum absolute atomic E-state index is 12.0. The molecule has 0 atom stereocenters. The minimum Gasteiger partial charge on any atom is -0.337 e. The lowest BCUT2D eigenvalue weighted by Crippen LogP contribution is -2.31. The van der Waals surface area contributed by atoms with Crippen molar-refractivity contribution in [1.29, 1.82) is 0 Å².